The van der Waals surface area contributed by atoms with Crippen LogP contribution in [-0.2, 0) is 6.54 Å². The molecule has 2 aromatic rings. The van der Waals surface area contributed by atoms with E-state index in [0.29, 0.717) is 16.9 Å². The molecule has 3 N–H and O–H groups in total. The maximum Gasteiger partial charge on any atom is 0.325 e. The quantitative estimate of drug-likeness (QED) is 0.726. The summed E-state index contributed by atoms with van der Waals surface area (Å²) in [5, 5.41) is 2.98. The molecular formula is C12H12ClN3O3. The fourth-order valence-electron chi connectivity index (χ4n) is 1.57. The first-order chi connectivity index (χ1) is 8.69. The number of carbonyl (C=O) groups excluding carboxylic acids is 1. The predicted molar refractivity (Wildman–Crippen MR) is 74.1 cm³/mol. The first-order valence-corrected chi connectivity index (χ1v) is 5.29. The molecule has 0 saturated heterocycles. The van der Waals surface area contributed by atoms with Crippen LogP contribution in [-0.4, -0.2) is 16.3 Å². The molecule has 0 amide bonds. The van der Waals surface area contributed by atoms with Gasteiger partial charge in [-0.1, -0.05) is 12.1 Å². The zero-order valence-electron chi connectivity index (χ0n) is 9.80. The monoisotopic (exact) mass is 281 g/mol. The second-order valence-electron chi connectivity index (χ2n) is 3.67. The van der Waals surface area contributed by atoms with Gasteiger partial charge in [0, 0.05) is 23.0 Å². The van der Waals surface area contributed by atoms with E-state index in [4.69, 9.17) is 0 Å². The zero-order chi connectivity index (χ0) is 13.0. The van der Waals surface area contributed by atoms with Gasteiger partial charge < -0.3 is 10.3 Å². The van der Waals surface area contributed by atoms with Crippen molar-refractivity contribution >= 4 is 24.4 Å². The molecular weight excluding hydrogens is 270 g/mol. The van der Waals surface area contributed by atoms with Crippen molar-refractivity contribution in [2.24, 2.45) is 0 Å². The molecule has 1 aromatic carbocycles. The Kier molecular flexibility index (Phi) is 5.08. The summed E-state index contributed by atoms with van der Waals surface area (Å²) < 4.78 is 0. The van der Waals surface area contributed by atoms with Crippen molar-refractivity contribution in [3.8, 4) is 0 Å². The van der Waals surface area contributed by atoms with Crippen LogP contribution in [0.4, 0.5) is 5.69 Å². The van der Waals surface area contributed by atoms with E-state index in [1.807, 2.05) is 0 Å². The molecule has 0 fully saturated rings. The molecule has 0 unspecified atom stereocenters. The Morgan fingerprint density at radius 1 is 1.16 bits per heavy atom. The summed E-state index contributed by atoms with van der Waals surface area (Å²) in [6.45, 7) is 0.254. The number of para-hydroxylation sites is 1. The molecule has 1 heterocycles. The number of aldehydes is 1. The molecule has 2 rings (SSSR count). The third kappa shape index (κ3) is 3.82. The number of rotatable bonds is 4. The minimum Gasteiger partial charge on any atom is -0.379 e. The van der Waals surface area contributed by atoms with Crippen LogP contribution in [0.2, 0.25) is 0 Å². The number of carbonyl (C=O) groups is 1. The van der Waals surface area contributed by atoms with Crippen molar-refractivity contribution in [2.75, 3.05) is 5.32 Å². The highest BCUT2D eigenvalue weighted by Gasteiger charge is 2.01. The van der Waals surface area contributed by atoms with Crippen molar-refractivity contribution in [3.05, 3.63) is 62.4 Å². The summed E-state index contributed by atoms with van der Waals surface area (Å²) in [5.41, 5.74) is 0.602. The summed E-state index contributed by atoms with van der Waals surface area (Å²) in [5.74, 6) is 0. The van der Waals surface area contributed by atoms with Crippen LogP contribution in [0.1, 0.15) is 16.1 Å². The lowest BCUT2D eigenvalue weighted by Gasteiger charge is -2.07. The topological polar surface area (TPSA) is 94.8 Å². The van der Waals surface area contributed by atoms with E-state index in [9.17, 15) is 14.4 Å². The smallest absolute Gasteiger partial charge is 0.325 e. The van der Waals surface area contributed by atoms with Crippen LogP contribution >= 0.6 is 12.4 Å². The van der Waals surface area contributed by atoms with E-state index >= 15 is 0 Å². The molecule has 0 aliphatic heterocycles. The second-order valence-corrected chi connectivity index (χ2v) is 3.67. The third-order valence-corrected chi connectivity index (χ3v) is 2.37. The summed E-state index contributed by atoms with van der Waals surface area (Å²) in [6, 6.07) is 8.25. The highest BCUT2D eigenvalue weighted by atomic mass is 35.5. The normalized spacial score (nSPS) is 9.47. The highest BCUT2D eigenvalue weighted by molar-refractivity contribution is 5.85. The summed E-state index contributed by atoms with van der Waals surface area (Å²) >= 11 is 0. The molecule has 19 heavy (non-hydrogen) atoms. The molecule has 100 valence electrons. The number of H-pyrrole nitrogens is 2. The lowest BCUT2D eigenvalue weighted by atomic mass is 10.2. The summed E-state index contributed by atoms with van der Waals surface area (Å²) in [7, 11) is 0. The second kappa shape index (κ2) is 6.55. The fourth-order valence-corrected chi connectivity index (χ4v) is 1.57. The highest BCUT2D eigenvalue weighted by Crippen LogP contribution is 2.12. The number of hydrogen-bond donors (Lipinski definition) is 3. The maximum atomic E-state index is 11.1. The van der Waals surface area contributed by atoms with Crippen molar-refractivity contribution in [3.63, 3.8) is 0 Å². The standard InChI is InChI=1S/C12H11N3O3.ClH/c16-7-8-3-1-2-4-10(8)13-6-9-5-11(17)15-12(18)14-9;/h1-5,7,13H,6H2,(H2,14,15,17,18);1H. The number of nitrogens with one attached hydrogen (secondary N) is 3. The van der Waals surface area contributed by atoms with Crippen molar-refractivity contribution in [1.29, 1.82) is 0 Å². The molecule has 0 atom stereocenters. The van der Waals surface area contributed by atoms with Crippen LogP contribution < -0.4 is 16.6 Å². The van der Waals surface area contributed by atoms with Crippen molar-refractivity contribution in [1.82, 2.24) is 9.97 Å². The molecule has 0 bridgehead atoms. The SMILES string of the molecule is Cl.O=Cc1ccccc1NCc1cc(=O)[nH]c(=O)[nH]1. The number of benzene rings is 1. The van der Waals surface area contributed by atoms with Crippen molar-refractivity contribution < 1.29 is 4.79 Å². The minimum atomic E-state index is -0.553. The van der Waals surface area contributed by atoms with E-state index in [1.165, 1.54) is 6.07 Å². The van der Waals surface area contributed by atoms with Gasteiger partial charge in [-0.05, 0) is 12.1 Å². The van der Waals surface area contributed by atoms with E-state index in [0.717, 1.165) is 6.29 Å². The Morgan fingerprint density at radius 2 is 1.89 bits per heavy atom. The van der Waals surface area contributed by atoms with Gasteiger partial charge in [-0.25, -0.2) is 4.79 Å². The molecule has 7 heteroatoms. The maximum absolute atomic E-state index is 11.1. The Hall–Kier alpha value is -2.34. The van der Waals surface area contributed by atoms with Crippen LogP contribution in [0.5, 0.6) is 0 Å². The van der Waals surface area contributed by atoms with Gasteiger partial charge in [0.2, 0.25) is 0 Å². The first-order valence-electron chi connectivity index (χ1n) is 5.29. The van der Waals surface area contributed by atoms with Gasteiger partial charge in [-0.3, -0.25) is 14.6 Å². The molecule has 0 spiro atoms. The largest absolute Gasteiger partial charge is 0.379 e. The van der Waals surface area contributed by atoms with Crippen LogP contribution in [0, 0.1) is 0 Å². The third-order valence-electron chi connectivity index (χ3n) is 2.37. The predicted octanol–water partition coefficient (Wildman–Crippen LogP) is 0.910. The molecule has 0 aliphatic rings. The van der Waals surface area contributed by atoms with E-state index in [-0.39, 0.29) is 19.0 Å². The Balaban J connectivity index is 0.00000180. The summed E-state index contributed by atoms with van der Waals surface area (Å²) in [4.78, 5) is 37.5. The zero-order valence-corrected chi connectivity index (χ0v) is 10.6. The Labute approximate surface area is 114 Å². The fraction of sp³-hybridized carbons (Fsp3) is 0.0833. The van der Waals surface area contributed by atoms with Gasteiger partial charge in [-0.15, -0.1) is 12.4 Å². The van der Waals surface area contributed by atoms with Gasteiger partial charge >= 0.3 is 5.69 Å². The lowest BCUT2D eigenvalue weighted by Crippen LogP contribution is -2.23. The first kappa shape index (κ1) is 14.7. The van der Waals surface area contributed by atoms with Gasteiger partial charge in [0.15, 0.2) is 6.29 Å². The van der Waals surface area contributed by atoms with Gasteiger partial charge in [0.05, 0.1) is 6.54 Å². The molecule has 0 radical (unpaired) electrons. The summed E-state index contributed by atoms with van der Waals surface area (Å²) in [6.07, 6.45) is 0.739. The number of hydrogen-bond acceptors (Lipinski definition) is 4. The van der Waals surface area contributed by atoms with Crippen LogP contribution in [0.15, 0.2) is 39.9 Å². The van der Waals surface area contributed by atoms with Gasteiger partial charge in [0.1, 0.15) is 0 Å². The van der Waals surface area contributed by atoms with E-state index in [2.05, 4.69) is 15.3 Å². The van der Waals surface area contributed by atoms with E-state index in [1.54, 1.807) is 24.3 Å². The molecule has 6 nitrogen and oxygen atoms in total. The number of aromatic nitrogens is 2. The minimum absolute atomic E-state index is 0. The van der Waals surface area contributed by atoms with E-state index < -0.39 is 11.2 Å². The van der Waals surface area contributed by atoms with Crippen LogP contribution in [0.25, 0.3) is 0 Å². The van der Waals surface area contributed by atoms with Crippen molar-refractivity contribution in [2.45, 2.75) is 6.54 Å². The number of aromatic amines is 2. The lowest BCUT2D eigenvalue weighted by molar-refractivity contribution is 0.112. The van der Waals surface area contributed by atoms with Crippen LogP contribution in [0.3, 0.4) is 0 Å². The molecule has 1 aromatic heterocycles. The average molecular weight is 282 g/mol. The molecule has 0 aliphatic carbocycles. The Morgan fingerprint density at radius 3 is 2.58 bits per heavy atom. The molecule has 0 saturated carbocycles. The Bertz CT molecular complexity index is 650. The van der Waals surface area contributed by atoms with Gasteiger partial charge in [-0.2, -0.15) is 0 Å². The average Bonchev–Trinajstić information content (AvgIpc) is 2.35. The number of anilines is 1. The van der Waals surface area contributed by atoms with Gasteiger partial charge in [0.25, 0.3) is 5.56 Å². The number of halogens is 1.